The van der Waals surface area contributed by atoms with E-state index in [1.165, 1.54) is 15.6 Å². The molecule has 20 heavy (non-hydrogen) atoms. The van der Waals surface area contributed by atoms with E-state index in [-0.39, 0.29) is 24.6 Å². The lowest BCUT2D eigenvalue weighted by Gasteiger charge is -2.09. The second-order valence-corrected chi connectivity index (χ2v) is 4.62. The van der Waals surface area contributed by atoms with Crippen LogP contribution in [0.4, 0.5) is 11.4 Å². The average Bonchev–Trinajstić information content (AvgIpc) is 2.72. The summed E-state index contributed by atoms with van der Waals surface area (Å²) in [6, 6.07) is 5.33. The fraction of sp³-hybridized carbons (Fsp3) is 0.308. The van der Waals surface area contributed by atoms with Crippen LogP contribution in [0, 0.1) is 6.92 Å². The van der Waals surface area contributed by atoms with Crippen molar-refractivity contribution in [3.63, 3.8) is 0 Å². The van der Waals surface area contributed by atoms with E-state index in [0.717, 1.165) is 5.56 Å². The van der Waals surface area contributed by atoms with Crippen molar-refractivity contribution < 1.29 is 4.79 Å². The molecule has 0 spiro atoms. The number of nitrogens with two attached hydrogens (primary N) is 1. The normalized spacial score (nSPS) is 10.5. The van der Waals surface area contributed by atoms with Gasteiger partial charge in [-0.15, -0.1) is 0 Å². The van der Waals surface area contributed by atoms with Crippen molar-refractivity contribution in [2.75, 3.05) is 11.1 Å². The summed E-state index contributed by atoms with van der Waals surface area (Å²) in [7, 11) is 1.61. The minimum atomic E-state index is -0.238. The summed E-state index contributed by atoms with van der Waals surface area (Å²) in [6.45, 7) is 2.13. The molecule has 0 aliphatic rings. The molecule has 0 saturated heterocycles. The van der Waals surface area contributed by atoms with Crippen LogP contribution in [0.5, 0.6) is 0 Å². The highest BCUT2D eigenvalue weighted by atomic mass is 16.2. The average molecular weight is 275 g/mol. The molecule has 0 radical (unpaired) electrons. The molecule has 3 N–H and O–H groups in total. The SMILES string of the molecule is Cc1ccc(N)cc1NC(=O)CCn1ncn(C)c1=O. The number of anilines is 2. The number of benzene rings is 1. The zero-order valence-electron chi connectivity index (χ0n) is 11.5. The maximum absolute atomic E-state index is 11.9. The van der Waals surface area contributed by atoms with Crippen LogP contribution >= 0.6 is 0 Å². The van der Waals surface area contributed by atoms with Gasteiger partial charge in [-0.1, -0.05) is 6.07 Å². The second kappa shape index (κ2) is 5.60. The van der Waals surface area contributed by atoms with Gasteiger partial charge < -0.3 is 11.1 Å². The molecule has 0 fully saturated rings. The Morgan fingerprint density at radius 2 is 2.20 bits per heavy atom. The number of aryl methyl sites for hydroxylation is 3. The molecule has 1 heterocycles. The fourth-order valence-electron chi connectivity index (χ4n) is 1.77. The van der Waals surface area contributed by atoms with Gasteiger partial charge in [0.1, 0.15) is 6.33 Å². The third-order valence-corrected chi connectivity index (χ3v) is 2.97. The lowest BCUT2D eigenvalue weighted by Crippen LogP contribution is -2.25. The Balaban J connectivity index is 1.98. The Hall–Kier alpha value is -2.57. The Morgan fingerprint density at radius 1 is 1.45 bits per heavy atom. The molecule has 106 valence electrons. The largest absolute Gasteiger partial charge is 0.399 e. The lowest BCUT2D eigenvalue weighted by atomic mass is 10.2. The molecule has 2 aromatic rings. The minimum Gasteiger partial charge on any atom is -0.399 e. The molecule has 1 aromatic carbocycles. The standard InChI is InChI=1S/C13H17N5O2/c1-9-3-4-10(14)7-11(9)16-12(19)5-6-18-13(20)17(2)8-15-18/h3-4,7-8H,5-6,14H2,1-2H3,(H,16,19). The summed E-state index contributed by atoms with van der Waals surface area (Å²) >= 11 is 0. The molecule has 1 aromatic heterocycles. The van der Waals surface area contributed by atoms with Crippen LogP contribution in [0.3, 0.4) is 0 Å². The summed E-state index contributed by atoms with van der Waals surface area (Å²) < 4.78 is 2.62. The van der Waals surface area contributed by atoms with Gasteiger partial charge in [0.15, 0.2) is 0 Å². The maximum atomic E-state index is 11.9. The number of nitrogens with zero attached hydrogens (tertiary/aromatic N) is 3. The van der Waals surface area contributed by atoms with Crippen molar-refractivity contribution in [3.05, 3.63) is 40.6 Å². The highest BCUT2D eigenvalue weighted by Crippen LogP contribution is 2.18. The fourth-order valence-corrected chi connectivity index (χ4v) is 1.77. The van der Waals surface area contributed by atoms with Crippen LogP contribution in [0.1, 0.15) is 12.0 Å². The zero-order chi connectivity index (χ0) is 14.7. The Bertz CT molecular complexity index is 686. The van der Waals surface area contributed by atoms with E-state index in [1.807, 2.05) is 13.0 Å². The van der Waals surface area contributed by atoms with E-state index >= 15 is 0 Å². The molecule has 0 atom stereocenters. The van der Waals surface area contributed by atoms with Crippen LogP contribution in [-0.4, -0.2) is 20.3 Å². The smallest absolute Gasteiger partial charge is 0.345 e. The van der Waals surface area contributed by atoms with Crippen LogP contribution in [0.2, 0.25) is 0 Å². The predicted octanol–water partition coefficient (Wildman–Crippen LogP) is 0.501. The number of carbonyl (C=O) groups excluding carboxylic acids is 1. The lowest BCUT2D eigenvalue weighted by molar-refractivity contribution is -0.116. The van der Waals surface area contributed by atoms with Crippen molar-refractivity contribution in [2.24, 2.45) is 7.05 Å². The minimum absolute atomic E-state index is 0.172. The summed E-state index contributed by atoms with van der Waals surface area (Å²) in [6.07, 6.45) is 1.59. The molecule has 0 bridgehead atoms. The molecule has 0 unspecified atom stereocenters. The van der Waals surface area contributed by atoms with Crippen molar-refractivity contribution >= 4 is 17.3 Å². The molecule has 7 heteroatoms. The molecular weight excluding hydrogens is 258 g/mol. The van der Waals surface area contributed by atoms with E-state index in [2.05, 4.69) is 10.4 Å². The van der Waals surface area contributed by atoms with Crippen molar-refractivity contribution in [3.8, 4) is 0 Å². The van der Waals surface area contributed by atoms with Gasteiger partial charge in [0.25, 0.3) is 0 Å². The van der Waals surface area contributed by atoms with E-state index in [4.69, 9.17) is 5.73 Å². The monoisotopic (exact) mass is 275 g/mol. The maximum Gasteiger partial charge on any atom is 0.345 e. The molecule has 0 aliphatic carbocycles. The molecular formula is C13H17N5O2. The summed E-state index contributed by atoms with van der Waals surface area (Å²) in [5.74, 6) is -0.184. The number of hydrogen-bond donors (Lipinski definition) is 2. The van der Waals surface area contributed by atoms with E-state index in [0.29, 0.717) is 11.4 Å². The second-order valence-electron chi connectivity index (χ2n) is 4.62. The van der Waals surface area contributed by atoms with Crippen molar-refractivity contribution in [2.45, 2.75) is 19.9 Å². The number of aromatic nitrogens is 3. The van der Waals surface area contributed by atoms with E-state index in [1.54, 1.807) is 19.2 Å². The van der Waals surface area contributed by atoms with Crippen molar-refractivity contribution in [1.82, 2.24) is 14.3 Å². The number of carbonyl (C=O) groups is 1. The Kier molecular flexibility index (Phi) is 3.88. The van der Waals surface area contributed by atoms with E-state index < -0.39 is 0 Å². The first-order valence-electron chi connectivity index (χ1n) is 6.22. The third kappa shape index (κ3) is 3.05. The third-order valence-electron chi connectivity index (χ3n) is 2.97. The van der Waals surface area contributed by atoms with Gasteiger partial charge >= 0.3 is 5.69 Å². The molecule has 0 aliphatic heterocycles. The summed E-state index contributed by atoms with van der Waals surface area (Å²) in [5, 5.41) is 6.67. The van der Waals surface area contributed by atoms with Crippen LogP contribution < -0.4 is 16.7 Å². The highest BCUT2D eigenvalue weighted by molar-refractivity contribution is 5.91. The zero-order valence-corrected chi connectivity index (χ0v) is 11.5. The van der Waals surface area contributed by atoms with Crippen LogP contribution in [0.25, 0.3) is 0 Å². The predicted molar refractivity (Wildman–Crippen MR) is 76.3 cm³/mol. The first-order valence-corrected chi connectivity index (χ1v) is 6.22. The topological polar surface area (TPSA) is 94.9 Å². The quantitative estimate of drug-likeness (QED) is 0.794. The van der Waals surface area contributed by atoms with Crippen molar-refractivity contribution in [1.29, 1.82) is 0 Å². The van der Waals surface area contributed by atoms with E-state index in [9.17, 15) is 9.59 Å². The summed E-state index contributed by atoms with van der Waals surface area (Å²) in [5.41, 5.74) is 7.65. The van der Waals surface area contributed by atoms with Gasteiger partial charge in [-0.2, -0.15) is 5.10 Å². The first-order chi connectivity index (χ1) is 9.47. The van der Waals surface area contributed by atoms with Gasteiger partial charge in [0.05, 0.1) is 6.54 Å². The summed E-state index contributed by atoms with van der Waals surface area (Å²) in [4.78, 5) is 23.4. The molecule has 0 saturated carbocycles. The van der Waals surface area contributed by atoms with Crippen LogP contribution in [-0.2, 0) is 18.4 Å². The Morgan fingerprint density at radius 3 is 2.85 bits per heavy atom. The number of nitrogen functional groups attached to an aromatic ring is 1. The number of hydrogen-bond acceptors (Lipinski definition) is 4. The molecule has 2 rings (SSSR count). The number of nitrogens with one attached hydrogen (secondary N) is 1. The molecule has 7 nitrogen and oxygen atoms in total. The van der Waals surface area contributed by atoms with Crippen LogP contribution in [0.15, 0.2) is 29.3 Å². The van der Waals surface area contributed by atoms with Gasteiger partial charge in [0.2, 0.25) is 5.91 Å². The van der Waals surface area contributed by atoms with Gasteiger partial charge in [-0.05, 0) is 24.6 Å². The Labute approximate surface area is 116 Å². The van der Waals surface area contributed by atoms with Gasteiger partial charge in [0, 0.05) is 24.8 Å². The number of amides is 1. The first kappa shape index (κ1) is 13.9. The molecule has 1 amide bonds. The highest BCUT2D eigenvalue weighted by Gasteiger charge is 2.08. The van der Waals surface area contributed by atoms with Gasteiger partial charge in [-0.25, -0.2) is 9.48 Å². The number of rotatable bonds is 4. The van der Waals surface area contributed by atoms with Gasteiger partial charge in [-0.3, -0.25) is 9.36 Å².